The van der Waals surface area contributed by atoms with Gasteiger partial charge in [0.05, 0.1) is 11.1 Å². The fraction of sp³-hybridized carbons (Fsp3) is 0.429. The molecule has 0 spiro atoms. The molecule has 1 aromatic carbocycles. The lowest BCUT2D eigenvalue weighted by atomic mass is 9.93. The van der Waals surface area contributed by atoms with Crippen molar-refractivity contribution in [2.45, 2.75) is 32.6 Å². The maximum Gasteiger partial charge on any atom is 0.336 e. The normalized spacial score (nSPS) is 14.5. The molecule has 1 aliphatic rings. The monoisotopic (exact) mass is 248 g/mol. The Morgan fingerprint density at radius 3 is 2.39 bits per heavy atom. The molecule has 2 N–H and O–H groups in total. The van der Waals surface area contributed by atoms with Crippen molar-refractivity contribution in [1.29, 1.82) is 0 Å². The van der Waals surface area contributed by atoms with Gasteiger partial charge in [-0.25, -0.2) is 9.59 Å². The SMILES string of the molecule is Cc1c(C(=O)O)ccc(CCC2CC2)c1C(=O)O. The van der Waals surface area contributed by atoms with Crippen LogP contribution in [-0.4, -0.2) is 22.2 Å². The molecule has 4 heteroatoms. The minimum Gasteiger partial charge on any atom is -0.478 e. The Morgan fingerprint density at radius 2 is 1.89 bits per heavy atom. The van der Waals surface area contributed by atoms with Crippen molar-refractivity contribution < 1.29 is 19.8 Å². The summed E-state index contributed by atoms with van der Waals surface area (Å²) in [4.78, 5) is 22.3. The summed E-state index contributed by atoms with van der Waals surface area (Å²) >= 11 is 0. The van der Waals surface area contributed by atoms with Crippen LogP contribution in [0.5, 0.6) is 0 Å². The van der Waals surface area contributed by atoms with Crippen LogP contribution < -0.4 is 0 Å². The van der Waals surface area contributed by atoms with Crippen molar-refractivity contribution in [3.8, 4) is 0 Å². The number of aryl methyl sites for hydroxylation is 1. The smallest absolute Gasteiger partial charge is 0.336 e. The Balaban J connectivity index is 2.35. The number of benzene rings is 1. The van der Waals surface area contributed by atoms with Crippen molar-refractivity contribution in [2.24, 2.45) is 5.92 Å². The lowest BCUT2D eigenvalue weighted by Gasteiger charge is -2.11. The predicted molar refractivity (Wildman–Crippen MR) is 66.1 cm³/mol. The Hall–Kier alpha value is -1.84. The molecule has 2 rings (SSSR count). The van der Waals surface area contributed by atoms with E-state index < -0.39 is 11.9 Å². The average molecular weight is 248 g/mol. The summed E-state index contributed by atoms with van der Waals surface area (Å²) in [6.07, 6.45) is 4.17. The lowest BCUT2D eigenvalue weighted by molar-refractivity contribution is 0.0695. The summed E-state index contributed by atoms with van der Waals surface area (Å²) in [6, 6.07) is 3.15. The summed E-state index contributed by atoms with van der Waals surface area (Å²) in [5.74, 6) is -1.39. The third-order valence-electron chi connectivity index (χ3n) is 3.51. The summed E-state index contributed by atoms with van der Waals surface area (Å²) in [5, 5.41) is 18.2. The van der Waals surface area contributed by atoms with Gasteiger partial charge in [0.25, 0.3) is 0 Å². The van der Waals surface area contributed by atoms with Gasteiger partial charge in [0.1, 0.15) is 0 Å². The van der Waals surface area contributed by atoms with Crippen molar-refractivity contribution in [3.05, 3.63) is 34.4 Å². The molecule has 1 fully saturated rings. The first-order valence-electron chi connectivity index (χ1n) is 6.09. The predicted octanol–water partition coefficient (Wildman–Crippen LogP) is 2.73. The second kappa shape index (κ2) is 4.80. The maximum absolute atomic E-state index is 11.3. The van der Waals surface area contributed by atoms with E-state index in [1.165, 1.54) is 18.9 Å². The van der Waals surface area contributed by atoms with Gasteiger partial charge in [-0.2, -0.15) is 0 Å². The number of carboxylic acids is 2. The van der Waals surface area contributed by atoms with E-state index in [0.717, 1.165) is 17.9 Å². The quantitative estimate of drug-likeness (QED) is 0.840. The van der Waals surface area contributed by atoms with Gasteiger partial charge in [0.2, 0.25) is 0 Å². The van der Waals surface area contributed by atoms with Crippen LogP contribution in [0, 0.1) is 12.8 Å². The molecular formula is C14H16O4. The zero-order valence-electron chi connectivity index (χ0n) is 10.3. The molecule has 96 valence electrons. The molecule has 0 atom stereocenters. The molecule has 18 heavy (non-hydrogen) atoms. The second-order valence-corrected chi connectivity index (χ2v) is 4.86. The van der Waals surface area contributed by atoms with Gasteiger partial charge in [0, 0.05) is 0 Å². The highest BCUT2D eigenvalue weighted by molar-refractivity contribution is 5.97. The molecule has 0 saturated heterocycles. The van der Waals surface area contributed by atoms with Crippen LogP contribution in [0.1, 0.15) is 51.1 Å². The Bertz CT molecular complexity index is 501. The van der Waals surface area contributed by atoms with E-state index >= 15 is 0 Å². The first-order chi connectivity index (χ1) is 8.50. The first-order valence-corrected chi connectivity index (χ1v) is 6.09. The molecule has 0 amide bonds. The Labute approximate surface area is 105 Å². The van der Waals surface area contributed by atoms with Crippen molar-refractivity contribution >= 4 is 11.9 Å². The molecule has 0 unspecified atom stereocenters. The molecule has 1 aliphatic carbocycles. The minimum absolute atomic E-state index is 0.0718. The molecule has 1 aromatic rings. The van der Waals surface area contributed by atoms with E-state index in [2.05, 4.69) is 0 Å². The topological polar surface area (TPSA) is 74.6 Å². The average Bonchev–Trinajstić information content (AvgIpc) is 3.08. The number of carboxylic acid groups (broad SMARTS) is 2. The van der Waals surface area contributed by atoms with E-state index in [4.69, 9.17) is 5.11 Å². The van der Waals surface area contributed by atoms with Crippen LogP contribution in [0.2, 0.25) is 0 Å². The number of carbonyl (C=O) groups is 2. The molecule has 0 bridgehead atoms. The first kappa shape index (κ1) is 12.6. The van der Waals surface area contributed by atoms with E-state index in [1.54, 1.807) is 13.0 Å². The van der Waals surface area contributed by atoms with Crippen LogP contribution in [0.3, 0.4) is 0 Å². The molecule has 0 radical (unpaired) electrons. The number of hydrogen-bond acceptors (Lipinski definition) is 2. The Morgan fingerprint density at radius 1 is 1.22 bits per heavy atom. The van der Waals surface area contributed by atoms with Crippen LogP contribution in [-0.2, 0) is 6.42 Å². The summed E-state index contributed by atoms with van der Waals surface area (Å²) in [5.41, 5.74) is 1.33. The second-order valence-electron chi connectivity index (χ2n) is 4.86. The number of hydrogen-bond donors (Lipinski definition) is 2. The summed E-state index contributed by atoms with van der Waals surface area (Å²) in [7, 11) is 0. The molecule has 4 nitrogen and oxygen atoms in total. The molecular weight excluding hydrogens is 232 g/mol. The summed E-state index contributed by atoms with van der Waals surface area (Å²) in [6.45, 7) is 1.56. The van der Waals surface area contributed by atoms with Crippen LogP contribution in [0.15, 0.2) is 12.1 Å². The fourth-order valence-corrected chi connectivity index (χ4v) is 2.27. The van der Waals surface area contributed by atoms with Gasteiger partial charge < -0.3 is 10.2 Å². The van der Waals surface area contributed by atoms with E-state index in [9.17, 15) is 14.7 Å². The molecule has 0 heterocycles. The zero-order chi connectivity index (χ0) is 13.3. The Kier molecular flexibility index (Phi) is 3.36. The van der Waals surface area contributed by atoms with Crippen molar-refractivity contribution in [2.75, 3.05) is 0 Å². The van der Waals surface area contributed by atoms with Crippen LogP contribution in [0.4, 0.5) is 0 Å². The van der Waals surface area contributed by atoms with Gasteiger partial charge in [-0.05, 0) is 42.9 Å². The van der Waals surface area contributed by atoms with Crippen LogP contribution in [0.25, 0.3) is 0 Å². The van der Waals surface area contributed by atoms with Gasteiger partial charge in [-0.3, -0.25) is 0 Å². The van der Waals surface area contributed by atoms with E-state index in [-0.39, 0.29) is 11.1 Å². The van der Waals surface area contributed by atoms with Crippen molar-refractivity contribution in [1.82, 2.24) is 0 Å². The third-order valence-corrected chi connectivity index (χ3v) is 3.51. The third kappa shape index (κ3) is 2.53. The maximum atomic E-state index is 11.3. The van der Waals surface area contributed by atoms with Gasteiger partial charge in [-0.15, -0.1) is 0 Å². The van der Waals surface area contributed by atoms with Gasteiger partial charge in [-0.1, -0.05) is 18.9 Å². The summed E-state index contributed by atoms with van der Waals surface area (Å²) < 4.78 is 0. The van der Waals surface area contributed by atoms with E-state index in [0.29, 0.717) is 12.0 Å². The highest BCUT2D eigenvalue weighted by atomic mass is 16.4. The molecule has 0 aromatic heterocycles. The molecule has 0 aliphatic heterocycles. The lowest BCUT2D eigenvalue weighted by Crippen LogP contribution is -2.11. The van der Waals surface area contributed by atoms with E-state index in [1.807, 2.05) is 0 Å². The zero-order valence-corrected chi connectivity index (χ0v) is 10.3. The van der Waals surface area contributed by atoms with Crippen LogP contribution >= 0.6 is 0 Å². The highest BCUT2D eigenvalue weighted by Crippen LogP contribution is 2.34. The largest absolute Gasteiger partial charge is 0.478 e. The van der Waals surface area contributed by atoms with Crippen molar-refractivity contribution in [3.63, 3.8) is 0 Å². The number of aromatic carboxylic acids is 2. The number of rotatable bonds is 5. The fourth-order valence-electron chi connectivity index (χ4n) is 2.27. The minimum atomic E-state index is -1.08. The van der Waals surface area contributed by atoms with Gasteiger partial charge >= 0.3 is 11.9 Å². The van der Waals surface area contributed by atoms with Gasteiger partial charge in [0.15, 0.2) is 0 Å². The highest BCUT2D eigenvalue weighted by Gasteiger charge is 2.23. The molecule has 1 saturated carbocycles. The standard InChI is InChI=1S/C14H16O4/c1-8-11(13(15)16)7-6-10(12(8)14(17)18)5-4-9-2-3-9/h6-7,9H,2-5H2,1H3,(H,15,16)(H,17,18).